The van der Waals surface area contributed by atoms with Crippen molar-refractivity contribution in [2.24, 2.45) is 5.92 Å². The van der Waals surface area contributed by atoms with E-state index in [0.717, 1.165) is 30.4 Å². The molecule has 1 N–H and O–H groups in total. The summed E-state index contributed by atoms with van der Waals surface area (Å²) in [5, 5.41) is 4.28. The van der Waals surface area contributed by atoms with Gasteiger partial charge in [-0.3, -0.25) is 0 Å². The molecule has 3 nitrogen and oxygen atoms in total. The van der Waals surface area contributed by atoms with Crippen molar-refractivity contribution in [2.45, 2.75) is 12.8 Å². The molecule has 1 fully saturated rings. The summed E-state index contributed by atoms with van der Waals surface area (Å²) in [7, 11) is 0. The second-order valence-electron chi connectivity index (χ2n) is 4.49. The van der Waals surface area contributed by atoms with Crippen molar-refractivity contribution < 1.29 is 0 Å². The van der Waals surface area contributed by atoms with Crippen LogP contribution in [0.25, 0.3) is 10.9 Å². The number of nitrogens with zero attached hydrogens (tertiary/aromatic N) is 2. The fourth-order valence-corrected chi connectivity index (χ4v) is 2.12. The minimum Gasteiger partial charge on any atom is -0.316 e. The van der Waals surface area contributed by atoms with Crippen LogP contribution < -0.4 is 5.32 Å². The lowest BCUT2D eigenvalue weighted by molar-refractivity contribution is 0.449. The van der Waals surface area contributed by atoms with Crippen molar-refractivity contribution in [2.75, 3.05) is 13.1 Å². The third-order valence-electron chi connectivity index (χ3n) is 3.10. The Hall–Kier alpha value is -1.92. The van der Waals surface area contributed by atoms with Crippen LogP contribution in [0, 0.1) is 24.0 Å². The van der Waals surface area contributed by atoms with Crippen LogP contribution in [-0.4, -0.2) is 23.1 Å². The fraction of sp³-hybridized carbons (Fsp3) is 0.333. The lowest BCUT2D eigenvalue weighted by Gasteiger charge is -2.17. The number of fused-ring (bicyclic) bond motifs is 1. The average molecular weight is 236 g/mol. The summed E-state index contributed by atoms with van der Waals surface area (Å²) < 4.78 is 0. The van der Waals surface area contributed by atoms with E-state index >= 15 is 0 Å². The van der Waals surface area contributed by atoms with Crippen molar-refractivity contribution >= 4 is 10.9 Å². The van der Waals surface area contributed by atoms with Crippen LogP contribution in [0.3, 0.4) is 0 Å². The van der Waals surface area contributed by atoms with Gasteiger partial charge in [-0.1, -0.05) is 24.1 Å². The van der Waals surface area contributed by atoms with Gasteiger partial charge in [-0.2, -0.15) is 0 Å². The second-order valence-corrected chi connectivity index (χ2v) is 4.49. The highest BCUT2D eigenvalue weighted by atomic mass is 14.9. The first kappa shape index (κ1) is 11.2. The molecule has 1 aliphatic rings. The fourth-order valence-electron chi connectivity index (χ4n) is 2.12. The molecule has 1 radical (unpaired) electrons. The first-order chi connectivity index (χ1) is 8.92. The summed E-state index contributed by atoms with van der Waals surface area (Å²) >= 11 is 0. The van der Waals surface area contributed by atoms with Gasteiger partial charge in [0.1, 0.15) is 6.20 Å². The highest BCUT2D eigenvalue weighted by Crippen LogP contribution is 2.10. The molecule has 1 aliphatic heterocycles. The summed E-state index contributed by atoms with van der Waals surface area (Å²) in [5.41, 5.74) is 0.901. The van der Waals surface area contributed by atoms with Crippen LogP contribution in [0.4, 0.5) is 0 Å². The zero-order valence-electron chi connectivity index (χ0n) is 10.1. The monoisotopic (exact) mass is 236 g/mol. The Morgan fingerprint density at radius 3 is 3.17 bits per heavy atom. The van der Waals surface area contributed by atoms with Gasteiger partial charge in [0.05, 0.1) is 5.52 Å². The number of rotatable bonds is 0. The molecule has 18 heavy (non-hydrogen) atoms. The molecule has 0 amide bonds. The lowest BCUT2D eigenvalue weighted by atomic mass is 10.0. The molecule has 0 saturated carbocycles. The molecule has 2 aromatic rings. The SMILES string of the molecule is C(#C[C@H]1CCCNC1)c1n[c]c2ccccc2n1. The minimum absolute atomic E-state index is 0.425. The van der Waals surface area contributed by atoms with Gasteiger partial charge < -0.3 is 5.32 Å². The summed E-state index contributed by atoms with van der Waals surface area (Å²) in [4.78, 5) is 8.58. The molecule has 0 spiro atoms. The number of hydrogen-bond donors (Lipinski definition) is 1. The van der Waals surface area contributed by atoms with Crippen LogP contribution in [0.1, 0.15) is 18.7 Å². The predicted octanol–water partition coefficient (Wildman–Crippen LogP) is 1.78. The Labute approximate surface area is 107 Å². The largest absolute Gasteiger partial charge is 0.316 e. The molecule has 0 aliphatic carbocycles. The van der Waals surface area contributed by atoms with E-state index in [-0.39, 0.29) is 0 Å². The quantitative estimate of drug-likeness (QED) is 0.709. The first-order valence-corrected chi connectivity index (χ1v) is 6.28. The van der Waals surface area contributed by atoms with Gasteiger partial charge in [-0.05, 0) is 31.4 Å². The summed E-state index contributed by atoms with van der Waals surface area (Å²) in [6.07, 6.45) is 5.34. The highest BCUT2D eigenvalue weighted by Gasteiger charge is 2.09. The molecule has 1 aromatic carbocycles. The standard InChI is InChI=1S/C15H14N3/c1-2-6-14-13(5-1)11-17-15(18-14)8-7-12-4-3-9-16-10-12/h1-2,5-6,12,16H,3-4,9-10H2/t12-/m1/s1. The summed E-state index contributed by atoms with van der Waals surface area (Å²) in [6, 6.07) is 7.84. The van der Waals surface area contributed by atoms with E-state index in [0.29, 0.717) is 11.7 Å². The second kappa shape index (κ2) is 5.16. The minimum atomic E-state index is 0.425. The Bertz CT molecular complexity index is 604. The zero-order chi connectivity index (χ0) is 12.2. The van der Waals surface area contributed by atoms with Gasteiger partial charge in [0.2, 0.25) is 5.82 Å². The first-order valence-electron chi connectivity index (χ1n) is 6.28. The van der Waals surface area contributed by atoms with Gasteiger partial charge in [-0.15, -0.1) is 0 Å². The molecule has 3 heteroatoms. The molecular formula is C15H14N3. The Morgan fingerprint density at radius 2 is 2.28 bits per heavy atom. The number of piperidine rings is 1. The molecule has 1 aromatic heterocycles. The van der Waals surface area contributed by atoms with Crippen LogP contribution in [0.2, 0.25) is 0 Å². The van der Waals surface area contributed by atoms with Gasteiger partial charge in [0, 0.05) is 17.8 Å². The zero-order valence-corrected chi connectivity index (χ0v) is 10.1. The average Bonchev–Trinajstić information content (AvgIpc) is 2.46. The number of aromatic nitrogens is 2. The van der Waals surface area contributed by atoms with E-state index in [2.05, 4.69) is 33.3 Å². The van der Waals surface area contributed by atoms with Crippen molar-refractivity contribution in [3.63, 3.8) is 0 Å². The van der Waals surface area contributed by atoms with Gasteiger partial charge in [-0.25, -0.2) is 9.97 Å². The van der Waals surface area contributed by atoms with Crippen LogP contribution in [0.5, 0.6) is 0 Å². The van der Waals surface area contributed by atoms with Crippen LogP contribution in [-0.2, 0) is 0 Å². The maximum Gasteiger partial charge on any atom is 0.206 e. The molecule has 3 rings (SSSR count). The third kappa shape index (κ3) is 2.49. The normalized spacial score (nSPS) is 19.2. The Kier molecular flexibility index (Phi) is 3.20. The number of hydrogen-bond acceptors (Lipinski definition) is 3. The predicted molar refractivity (Wildman–Crippen MR) is 70.8 cm³/mol. The number of nitrogens with one attached hydrogen (secondary N) is 1. The van der Waals surface area contributed by atoms with E-state index in [9.17, 15) is 0 Å². The third-order valence-corrected chi connectivity index (χ3v) is 3.10. The molecule has 2 heterocycles. The highest BCUT2D eigenvalue weighted by molar-refractivity contribution is 5.76. The number of benzene rings is 1. The molecule has 0 unspecified atom stereocenters. The van der Waals surface area contributed by atoms with Crippen LogP contribution >= 0.6 is 0 Å². The molecular weight excluding hydrogens is 222 g/mol. The molecule has 89 valence electrons. The Balaban J connectivity index is 1.84. The van der Waals surface area contributed by atoms with Gasteiger partial charge in [0.25, 0.3) is 0 Å². The molecule has 1 atom stereocenters. The van der Waals surface area contributed by atoms with E-state index in [1.165, 1.54) is 6.42 Å². The van der Waals surface area contributed by atoms with E-state index in [1.807, 2.05) is 24.3 Å². The molecule has 0 bridgehead atoms. The maximum atomic E-state index is 4.42. The van der Waals surface area contributed by atoms with Crippen molar-refractivity contribution in [1.29, 1.82) is 0 Å². The van der Waals surface area contributed by atoms with Crippen molar-refractivity contribution in [1.82, 2.24) is 15.3 Å². The summed E-state index contributed by atoms with van der Waals surface area (Å²) in [5.74, 6) is 7.30. The lowest BCUT2D eigenvalue weighted by Crippen LogP contribution is -2.28. The van der Waals surface area contributed by atoms with E-state index in [1.54, 1.807) is 0 Å². The van der Waals surface area contributed by atoms with Crippen molar-refractivity contribution in [3.05, 3.63) is 36.3 Å². The van der Waals surface area contributed by atoms with E-state index in [4.69, 9.17) is 0 Å². The van der Waals surface area contributed by atoms with Gasteiger partial charge in [0.15, 0.2) is 0 Å². The number of para-hydroxylation sites is 1. The van der Waals surface area contributed by atoms with Gasteiger partial charge >= 0.3 is 0 Å². The molecule has 1 saturated heterocycles. The summed E-state index contributed by atoms with van der Waals surface area (Å²) in [6.45, 7) is 2.09. The Morgan fingerprint density at radius 1 is 1.33 bits per heavy atom. The van der Waals surface area contributed by atoms with E-state index < -0.39 is 0 Å². The smallest absolute Gasteiger partial charge is 0.206 e. The maximum absolute atomic E-state index is 4.42. The van der Waals surface area contributed by atoms with Crippen LogP contribution in [0.15, 0.2) is 24.3 Å². The topological polar surface area (TPSA) is 37.8 Å². The van der Waals surface area contributed by atoms with Crippen molar-refractivity contribution in [3.8, 4) is 11.8 Å².